The first-order valence-corrected chi connectivity index (χ1v) is 8.18. The zero-order valence-corrected chi connectivity index (χ0v) is 13.1. The number of nitrogens with zero attached hydrogens (tertiary/aromatic N) is 1. The van der Waals surface area contributed by atoms with E-state index >= 15 is 0 Å². The summed E-state index contributed by atoms with van der Waals surface area (Å²) in [5.41, 5.74) is 1.23. The van der Waals surface area contributed by atoms with Crippen LogP contribution in [-0.4, -0.2) is 23.8 Å². The molecule has 2 amide bonds. The van der Waals surface area contributed by atoms with Crippen molar-refractivity contribution in [3.8, 4) is 0 Å². The third kappa shape index (κ3) is 1.48. The first-order valence-electron chi connectivity index (χ1n) is 7.36. The third-order valence-corrected chi connectivity index (χ3v) is 5.79. The predicted octanol–water partition coefficient (Wildman–Crippen LogP) is 4.43. The van der Waals surface area contributed by atoms with Crippen molar-refractivity contribution in [3.63, 3.8) is 0 Å². The second-order valence-corrected chi connectivity index (χ2v) is 6.85. The number of carbonyl (C=O) groups is 2. The van der Waals surface area contributed by atoms with E-state index in [1.807, 2.05) is 30.3 Å². The third-order valence-electron chi connectivity index (χ3n) is 4.57. The molecule has 0 bridgehead atoms. The van der Waals surface area contributed by atoms with Gasteiger partial charge in [0.05, 0.1) is 0 Å². The van der Waals surface area contributed by atoms with Crippen molar-refractivity contribution in [2.45, 2.75) is 0 Å². The molecule has 0 N–H and O–H groups in total. The molecule has 3 nitrogen and oxygen atoms in total. The highest BCUT2D eigenvalue weighted by Crippen LogP contribution is 2.42. The number of thiophene rings is 1. The van der Waals surface area contributed by atoms with Crippen LogP contribution in [0.1, 0.15) is 20.7 Å². The van der Waals surface area contributed by atoms with Crippen molar-refractivity contribution in [1.29, 1.82) is 0 Å². The Hall–Kier alpha value is -2.72. The maximum atomic E-state index is 12.6. The summed E-state index contributed by atoms with van der Waals surface area (Å²) in [4.78, 5) is 26.3. The molecule has 0 unspecified atom stereocenters. The van der Waals surface area contributed by atoms with Crippen LogP contribution in [0.2, 0.25) is 0 Å². The van der Waals surface area contributed by atoms with Crippen molar-refractivity contribution < 1.29 is 9.59 Å². The van der Waals surface area contributed by atoms with Crippen molar-refractivity contribution in [1.82, 2.24) is 4.90 Å². The van der Waals surface area contributed by atoms with E-state index in [9.17, 15) is 9.59 Å². The van der Waals surface area contributed by atoms with E-state index in [0.717, 1.165) is 26.2 Å². The highest BCUT2D eigenvalue weighted by Gasteiger charge is 2.31. The first-order chi connectivity index (χ1) is 11.2. The second kappa shape index (κ2) is 4.18. The summed E-state index contributed by atoms with van der Waals surface area (Å²) in [6.45, 7) is 0. The van der Waals surface area contributed by atoms with Gasteiger partial charge in [0.2, 0.25) is 0 Å². The normalized spacial score (nSPS) is 14.4. The smallest absolute Gasteiger partial charge is 0.261 e. The van der Waals surface area contributed by atoms with Gasteiger partial charge in [0.15, 0.2) is 0 Å². The quantitative estimate of drug-likeness (QED) is 0.450. The molecule has 0 atom stereocenters. The molecule has 5 rings (SSSR count). The van der Waals surface area contributed by atoms with Crippen LogP contribution in [0.5, 0.6) is 0 Å². The summed E-state index contributed by atoms with van der Waals surface area (Å²) in [6.07, 6.45) is 0. The Balaban J connectivity index is 2.09. The molecule has 0 radical (unpaired) electrons. The van der Waals surface area contributed by atoms with Crippen molar-refractivity contribution in [2.75, 3.05) is 7.05 Å². The van der Waals surface area contributed by atoms with Gasteiger partial charge in [-0.3, -0.25) is 14.5 Å². The molecular weight excluding hydrogens is 306 g/mol. The number of carbonyl (C=O) groups excluding carboxylic acids is 2. The first kappa shape index (κ1) is 12.8. The maximum Gasteiger partial charge on any atom is 0.261 e. The Morgan fingerprint density at radius 3 is 2.43 bits per heavy atom. The van der Waals surface area contributed by atoms with Crippen molar-refractivity contribution in [3.05, 3.63) is 59.7 Å². The van der Waals surface area contributed by atoms with E-state index in [2.05, 4.69) is 12.1 Å². The molecule has 110 valence electrons. The number of benzene rings is 3. The van der Waals surface area contributed by atoms with Crippen LogP contribution >= 0.6 is 11.3 Å². The number of fused-ring (bicyclic) bond motifs is 4. The van der Waals surface area contributed by atoms with E-state index in [-0.39, 0.29) is 11.8 Å². The summed E-state index contributed by atoms with van der Waals surface area (Å²) in [5.74, 6) is -0.454. The molecule has 0 aliphatic carbocycles. The molecule has 0 saturated carbocycles. The van der Waals surface area contributed by atoms with Crippen LogP contribution in [0, 0.1) is 0 Å². The van der Waals surface area contributed by atoms with Crippen LogP contribution in [0.15, 0.2) is 48.5 Å². The lowest BCUT2D eigenvalue weighted by molar-refractivity contribution is 0.0651. The van der Waals surface area contributed by atoms with Gasteiger partial charge in [-0.2, -0.15) is 0 Å². The fourth-order valence-corrected chi connectivity index (χ4v) is 4.67. The highest BCUT2D eigenvalue weighted by molar-refractivity contribution is 7.26. The van der Waals surface area contributed by atoms with Crippen LogP contribution in [0.3, 0.4) is 0 Å². The average molecular weight is 317 g/mol. The number of hydrogen-bond acceptors (Lipinski definition) is 3. The Labute approximate surface area is 135 Å². The summed E-state index contributed by atoms with van der Waals surface area (Å²) in [5, 5.41) is 4.02. The molecule has 3 aromatic carbocycles. The van der Waals surface area contributed by atoms with Crippen molar-refractivity contribution in [2.24, 2.45) is 0 Å². The van der Waals surface area contributed by atoms with Crippen LogP contribution in [0.4, 0.5) is 0 Å². The Morgan fingerprint density at radius 2 is 1.57 bits per heavy atom. The van der Waals surface area contributed by atoms with E-state index in [0.29, 0.717) is 11.1 Å². The van der Waals surface area contributed by atoms with Gasteiger partial charge in [-0.25, -0.2) is 0 Å². The zero-order chi connectivity index (χ0) is 15.7. The molecule has 1 aliphatic rings. The SMILES string of the molecule is CN1C(=O)c2cccc3c2c(cc2c4ccccc4sc32)C1=O. The molecule has 0 saturated heterocycles. The predicted molar refractivity (Wildman–Crippen MR) is 93.3 cm³/mol. The van der Waals surface area contributed by atoms with Gasteiger partial charge in [0, 0.05) is 49.1 Å². The molecular formula is C19H11NO2S. The average Bonchev–Trinajstić information content (AvgIpc) is 2.96. The number of imide groups is 1. The standard InChI is InChI=1S/C19H11NO2S/c1-20-18(21)12-7-4-6-11-16(12)14(19(20)22)9-13-10-5-2-3-8-15(10)23-17(11)13/h2-9H,1H3. The lowest BCUT2D eigenvalue weighted by Gasteiger charge is -2.23. The summed E-state index contributed by atoms with van der Waals surface area (Å²) in [7, 11) is 1.54. The lowest BCUT2D eigenvalue weighted by Crippen LogP contribution is -2.36. The van der Waals surface area contributed by atoms with Gasteiger partial charge >= 0.3 is 0 Å². The largest absolute Gasteiger partial charge is 0.277 e. The maximum absolute atomic E-state index is 12.6. The molecule has 2 heterocycles. The molecule has 1 aromatic heterocycles. The van der Waals surface area contributed by atoms with E-state index in [1.54, 1.807) is 24.5 Å². The van der Waals surface area contributed by atoms with E-state index in [4.69, 9.17) is 0 Å². The molecule has 0 fully saturated rings. The molecule has 4 heteroatoms. The van der Waals surface area contributed by atoms with Crippen LogP contribution in [0.25, 0.3) is 30.9 Å². The molecule has 23 heavy (non-hydrogen) atoms. The topological polar surface area (TPSA) is 37.4 Å². The highest BCUT2D eigenvalue weighted by atomic mass is 32.1. The number of rotatable bonds is 0. The number of amides is 2. The van der Waals surface area contributed by atoms with Gasteiger partial charge in [-0.15, -0.1) is 11.3 Å². The zero-order valence-electron chi connectivity index (χ0n) is 12.3. The number of hydrogen-bond donors (Lipinski definition) is 0. The van der Waals surface area contributed by atoms with Gasteiger partial charge in [-0.05, 0) is 18.2 Å². The monoisotopic (exact) mass is 317 g/mol. The van der Waals surface area contributed by atoms with Gasteiger partial charge < -0.3 is 0 Å². The summed E-state index contributed by atoms with van der Waals surface area (Å²) < 4.78 is 2.33. The van der Waals surface area contributed by atoms with Crippen molar-refractivity contribution >= 4 is 54.1 Å². The molecule has 4 aromatic rings. The Morgan fingerprint density at radius 1 is 0.826 bits per heavy atom. The fourth-order valence-electron chi connectivity index (χ4n) is 3.46. The van der Waals surface area contributed by atoms with Gasteiger partial charge in [-0.1, -0.05) is 30.3 Å². The van der Waals surface area contributed by atoms with E-state index < -0.39 is 0 Å². The van der Waals surface area contributed by atoms with E-state index in [1.165, 1.54) is 9.60 Å². The minimum atomic E-state index is -0.228. The van der Waals surface area contributed by atoms with Crippen LogP contribution in [-0.2, 0) is 0 Å². The molecule has 0 spiro atoms. The summed E-state index contributed by atoms with van der Waals surface area (Å²) >= 11 is 1.71. The minimum absolute atomic E-state index is 0.226. The Kier molecular flexibility index (Phi) is 2.32. The lowest BCUT2D eigenvalue weighted by atomic mass is 9.92. The molecule has 1 aliphatic heterocycles. The van der Waals surface area contributed by atoms with Crippen LogP contribution < -0.4 is 0 Å². The minimum Gasteiger partial charge on any atom is -0.277 e. The fraction of sp³-hybridized carbons (Fsp3) is 0.0526. The van der Waals surface area contributed by atoms with Gasteiger partial charge in [0.1, 0.15) is 0 Å². The van der Waals surface area contributed by atoms with Gasteiger partial charge in [0.25, 0.3) is 11.8 Å². The Bertz CT molecular complexity index is 1170. The summed E-state index contributed by atoms with van der Waals surface area (Å²) in [6, 6.07) is 15.9. The second-order valence-electron chi connectivity index (χ2n) is 5.80.